The lowest BCUT2D eigenvalue weighted by Crippen LogP contribution is -2.14. The van der Waals surface area contributed by atoms with E-state index in [0.717, 1.165) is 45.2 Å². The number of para-hydroxylation sites is 4. The van der Waals surface area contributed by atoms with Crippen molar-refractivity contribution in [3.05, 3.63) is 127 Å². The minimum Gasteiger partial charge on any atom is -0.280 e. The molecule has 7 rings (SSSR count). The normalized spacial score (nSPS) is 11.8. The van der Waals surface area contributed by atoms with Gasteiger partial charge in [0.05, 0.1) is 34.0 Å². The molecular weight excluding hydrogens is 440 g/mol. The Balaban J connectivity index is 1.46. The Morgan fingerprint density at radius 3 is 1.89 bits per heavy atom. The minimum atomic E-state index is 0.662. The van der Waals surface area contributed by atoms with E-state index in [1.807, 2.05) is 30.3 Å². The molecule has 1 aliphatic rings. The smallest absolute Gasteiger partial charge is 0.220 e. The molecule has 1 aliphatic heterocycles. The Bertz CT molecular complexity index is 1790. The first-order valence-electron chi connectivity index (χ1n) is 11.9. The van der Waals surface area contributed by atoms with Crippen molar-refractivity contribution in [2.45, 2.75) is 0 Å². The molecule has 0 atom stereocenters. The van der Waals surface area contributed by atoms with Crippen LogP contribution in [0.4, 0.5) is 17.3 Å². The fraction of sp³-hybridized carbons (Fsp3) is 0. The molecule has 0 amide bonds. The Morgan fingerprint density at radius 2 is 1.17 bits per heavy atom. The van der Waals surface area contributed by atoms with Crippen LogP contribution >= 0.6 is 0 Å². The molecule has 1 aromatic heterocycles. The maximum atomic E-state index is 9.12. The molecule has 0 bridgehead atoms. The average Bonchev–Trinajstić information content (AvgIpc) is 3.27. The highest BCUT2D eigenvalue weighted by Crippen LogP contribution is 2.47. The zero-order chi connectivity index (χ0) is 24.1. The van der Waals surface area contributed by atoms with Crippen LogP contribution in [0.2, 0.25) is 0 Å². The van der Waals surface area contributed by atoms with Crippen LogP contribution in [0, 0.1) is 11.3 Å². The van der Waals surface area contributed by atoms with Gasteiger partial charge in [-0.25, -0.2) is 4.98 Å². The summed E-state index contributed by atoms with van der Waals surface area (Å²) in [6.07, 6.45) is 0. The Morgan fingerprint density at radius 1 is 0.583 bits per heavy atom. The second-order valence-corrected chi connectivity index (χ2v) is 8.84. The van der Waals surface area contributed by atoms with Crippen molar-refractivity contribution < 1.29 is 0 Å². The van der Waals surface area contributed by atoms with Crippen LogP contribution in [0.5, 0.6) is 0 Å². The van der Waals surface area contributed by atoms with Crippen molar-refractivity contribution in [3.63, 3.8) is 0 Å². The molecule has 0 fully saturated rings. The van der Waals surface area contributed by atoms with E-state index in [1.165, 1.54) is 11.1 Å². The predicted molar refractivity (Wildman–Crippen MR) is 145 cm³/mol. The van der Waals surface area contributed by atoms with Gasteiger partial charge in [0.25, 0.3) is 0 Å². The number of hydrogen-bond donors (Lipinski definition) is 0. The molecule has 36 heavy (non-hydrogen) atoms. The van der Waals surface area contributed by atoms with Crippen LogP contribution in [0.15, 0.2) is 121 Å². The zero-order valence-electron chi connectivity index (χ0n) is 19.3. The SMILES string of the molecule is N#Cc1ccc(-c2ccc(N3c4ccccc4-c4ccccc4-n4c3nc3ccccc34)cc2)cc1. The second kappa shape index (κ2) is 7.97. The Labute approximate surface area is 208 Å². The molecule has 2 heterocycles. The lowest BCUT2D eigenvalue weighted by atomic mass is 10.0. The second-order valence-electron chi connectivity index (χ2n) is 8.84. The molecule has 168 valence electrons. The summed E-state index contributed by atoms with van der Waals surface area (Å²) in [5, 5.41) is 9.12. The first-order valence-corrected chi connectivity index (χ1v) is 11.9. The summed E-state index contributed by atoms with van der Waals surface area (Å²) >= 11 is 0. The van der Waals surface area contributed by atoms with E-state index in [9.17, 15) is 0 Å². The largest absolute Gasteiger partial charge is 0.280 e. The van der Waals surface area contributed by atoms with Crippen LogP contribution < -0.4 is 4.90 Å². The number of benzene rings is 5. The molecular formula is C32H20N4. The lowest BCUT2D eigenvalue weighted by Gasteiger charge is -2.24. The van der Waals surface area contributed by atoms with Gasteiger partial charge in [-0.1, -0.05) is 72.8 Å². The number of aromatic nitrogens is 2. The molecule has 0 N–H and O–H groups in total. The van der Waals surface area contributed by atoms with E-state index in [1.54, 1.807) is 0 Å². The number of nitrogens with zero attached hydrogens (tertiary/aromatic N) is 4. The third-order valence-corrected chi connectivity index (χ3v) is 6.80. The summed E-state index contributed by atoms with van der Waals surface area (Å²) in [7, 11) is 0. The number of anilines is 3. The summed E-state index contributed by atoms with van der Waals surface area (Å²) in [6.45, 7) is 0. The number of hydrogen-bond acceptors (Lipinski definition) is 3. The molecule has 0 saturated carbocycles. The fourth-order valence-electron chi connectivity index (χ4n) is 5.10. The Kier molecular flexibility index (Phi) is 4.48. The van der Waals surface area contributed by atoms with Gasteiger partial charge < -0.3 is 0 Å². The van der Waals surface area contributed by atoms with E-state index >= 15 is 0 Å². The van der Waals surface area contributed by atoms with Crippen LogP contribution in [0.1, 0.15) is 5.56 Å². The van der Waals surface area contributed by atoms with Gasteiger partial charge >= 0.3 is 0 Å². The number of nitriles is 1. The van der Waals surface area contributed by atoms with Crippen molar-refractivity contribution in [1.29, 1.82) is 5.26 Å². The van der Waals surface area contributed by atoms with Gasteiger partial charge in [-0.3, -0.25) is 9.47 Å². The fourth-order valence-corrected chi connectivity index (χ4v) is 5.10. The maximum absolute atomic E-state index is 9.12. The highest BCUT2D eigenvalue weighted by atomic mass is 15.3. The van der Waals surface area contributed by atoms with Gasteiger partial charge in [0, 0.05) is 16.8 Å². The van der Waals surface area contributed by atoms with E-state index in [2.05, 4.69) is 107 Å². The van der Waals surface area contributed by atoms with Crippen LogP contribution in [-0.4, -0.2) is 9.55 Å². The van der Waals surface area contributed by atoms with E-state index in [-0.39, 0.29) is 0 Å². The standard InChI is InChI=1S/C32H20N4/c33-21-22-13-15-23(16-14-22)24-17-19-25(20-18-24)35-29-10-4-1-7-26(29)27-8-2-5-11-30(27)36-31-12-6-3-9-28(31)34-32(35)36/h1-20H. The summed E-state index contributed by atoms with van der Waals surface area (Å²) in [6, 6.07) is 43.8. The van der Waals surface area contributed by atoms with Gasteiger partial charge in [-0.15, -0.1) is 0 Å². The van der Waals surface area contributed by atoms with Crippen LogP contribution in [-0.2, 0) is 0 Å². The van der Waals surface area contributed by atoms with Crippen LogP contribution in [0.3, 0.4) is 0 Å². The van der Waals surface area contributed by atoms with Crippen molar-refractivity contribution in [1.82, 2.24) is 9.55 Å². The molecule has 6 aromatic rings. The predicted octanol–water partition coefficient (Wildman–Crippen LogP) is 8.01. The summed E-state index contributed by atoms with van der Waals surface area (Å²) in [5.41, 5.74) is 10.5. The van der Waals surface area contributed by atoms with Gasteiger partial charge in [0.2, 0.25) is 5.95 Å². The first kappa shape index (κ1) is 20.3. The van der Waals surface area contributed by atoms with Crippen molar-refractivity contribution in [2.75, 3.05) is 4.90 Å². The molecule has 0 saturated heterocycles. The monoisotopic (exact) mass is 460 g/mol. The molecule has 0 unspecified atom stereocenters. The van der Waals surface area contributed by atoms with E-state index < -0.39 is 0 Å². The summed E-state index contributed by atoms with van der Waals surface area (Å²) < 4.78 is 2.26. The molecule has 4 nitrogen and oxygen atoms in total. The third-order valence-electron chi connectivity index (χ3n) is 6.80. The molecule has 0 spiro atoms. The highest BCUT2D eigenvalue weighted by Gasteiger charge is 2.28. The summed E-state index contributed by atoms with van der Waals surface area (Å²) in [5.74, 6) is 0.861. The number of rotatable bonds is 2. The molecule has 0 radical (unpaired) electrons. The number of imidazole rings is 1. The zero-order valence-corrected chi connectivity index (χ0v) is 19.3. The van der Waals surface area contributed by atoms with E-state index in [4.69, 9.17) is 10.2 Å². The summed E-state index contributed by atoms with van der Waals surface area (Å²) in [4.78, 5) is 7.37. The maximum Gasteiger partial charge on any atom is 0.220 e. The van der Waals surface area contributed by atoms with Gasteiger partial charge in [-0.2, -0.15) is 5.26 Å². The quantitative estimate of drug-likeness (QED) is 0.262. The van der Waals surface area contributed by atoms with Crippen molar-refractivity contribution in [2.24, 2.45) is 0 Å². The Hall–Kier alpha value is -5.14. The highest BCUT2D eigenvalue weighted by molar-refractivity contribution is 5.96. The van der Waals surface area contributed by atoms with E-state index in [0.29, 0.717) is 5.56 Å². The van der Waals surface area contributed by atoms with Gasteiger partial charge in [0.1, 0.15) is 0 Å². The lowest BCUT2D eigenvalue weighted by molar-refractivity contribution is 1.05. The molecule has 0 aliphatic carbocycles. The van der Waals surface area contributed by atoms with Crippen LogP contribution in [0.25, 0.3) is 39.0 Å². The topological polar surface area (TPSA) is 44.9 Å². The molecule has 4 heteroatoms. The van der Waals surface area contributed by atoms with Crippen molar-refractivity contribution >= 4 is 28.4 Å². The molecule has 5 aromatic carbocycles. The van der Waals surface area contributed by atoms with Gasteiger partial charge in [-0.05, 0) is 59.7 Å². The average molecular weight is 461 g/mol. The minimum absolute atomic E-state index is 0.662. The van der Waals surface area contributed by atoms with Crippen molar-refractivity contribution in [3.8, 4) is 34.0 Å². The first-order chi connectivity index (χ1) is 17.8. The third kappa shape index (κ3) is 3.04. The number of fused-ring (bicyclic) bond motifs is 7. The van der Waals surface area contributed by atoms with Gasteiger partial charge in [0.15, 0.2) is 0 Å².